The van der Waals surface area contributed by atoms with E-state index < -0.39 is 0 Å². The SMILES string of the molecule is COC(=O)c1sc(NCc2ccc(OC)c(OC)c2)nc1C. The van der Waals surface area contributed by atoms with Gasteiger partial charge < -0.3 is 19.5 Å². The molecule has 0 aliphatic carbocycles. The van der Waals surface area contributed by atoms with Crippen LogP contribution in [0.4, 0.5) is 5.13 Å². The summed E-state index contributed by atoms with van der Waals surface area (Å²) < 4.78 is 15.2. The molecule has 0 atom stereocenters. The van der Waals surface area contributed by atoms with Crippen LogP contribution in [0.2, 0.25) is 0 Å². The zero-order valence-electron chi connectivity index (χ0n) is 12.9. The van der Waals surface area contributed by atoms with Crippen molar-refractivity contribution < 1.29 is 19.0 Å². The molecule has 0 aliphatic heterocycles. The first-order chi connectivity index (χ1) is 10.6. The summed E-state index contributed by atoms with van der Waals surface area (Å²) in [5, 5.41) is 3.87. The lowest BCUT2D eigenvalue weighted by molar-refractivity contribution is 0.0605. The minimum Gasteiger partial charge on any atom is -0.493 e. The van der Waals surface area contributed by atoms with E-state index in [2.05, 4.69) is 10.3 Å². The van der Waals surface area contributed by atoms with Crippen molar-refractivity contribution in [2.24, 2.45) is 0 Å². The summed E-state index contributed by atoms with van der Waals surface area (Å²) in [6.07, 6.45) is 0. The van der Waals surface area contributed by atoms with Crippen LogP contribution in [0.3, 0.4) is 0 Å². The second kappa shape index (κ2) is 7.13. The number of thiazole rings is 1. The molecule has 1 aromatic heterocycles. The standard InChI is InChI=1S/C15H18N2O4S/c1-9-13(14(18)21-4)22-15(17-9)16-8-10-5-6-11(19-2)12(7-10)20-3/h5-7H,8H2,1-4H3,(H,16,17). The van der Waals surface area contributed by atoms with Crippen LogP contribution < -0.4 is 14.8 Å². The topological polar surface area (TPSA) is 69.7 Å². The van der Waals surface area contributed by atoms with Gasteiger partial charge in [-0.3, -0.25) is 0 Å². The number of rotatable bonds is 6. The molecule has 0 unspecified atom stereocenters. The summed E-state index contributed by atoms with van der Waals surface area (Å²) in [5.41, 5.74) is 1.68. The van der Waals surface area contributed by atoms with Crippen molar-refractivity contribution in [1.82, 2.24) is 4.98 Å². The number of hydrogen-bond donors (Lipinski definition) is 1. The zero-order chi connectivity index (χ0) is 16.1. The average Bonchev–Trinajstić information content (AvgIpc) is 2.92. The minimum absolute atomic E-state index is 0.367. The second-order valence-electron chi connectivity index (χ2n) is 4.47. The number of nitrogens with zero attached hydrogens (tertiary/aromatic N) is 1. The Hall–Kier alpha value is -2.28. The minimum atomic E-state index is -0.367. The number of ether oxygens (including phenoxy) is 3. The number of benzene rings is 1. The maximum Gasteiger partial charge on any atom is 0.350 e. The van der Waals surface area contributed by atoms with Crippen molar-refractivity contribution in [2.45, 2.75) is 13.5 Å². The van der Waals surface area contributed by atoms with Crippen molar-refractivity contribution in [3.05, 3.63) is 34.3 Å². The molecule has 22 heavy (non-hydrogen) atoms. The van der Waals surface area contributed by atoms with Crippen LogP contribution in [0.5, 0.6) is 11.5 Å². The number of carbonyl (C=O) groups excluding carboxylic acids is 1. The third-order valence-electron chi connectivity index (χ3n) is 3.06. The van der Waals surface area contributed by atoms with Crippen LogP contribution in [0, 0.1) is 6.92 Å². The van der Waals surface area contributed by atoms with Gasteiger partial charge in [-0.2, -0.15) is 0 Å². The van der Waals surface area contributed by atoms with E-state index >= 15 is 0 Å². The molecule has 1 heterocycles. The van der Waals surface area contributed by atoms with E-state index in [0.717, 1.165) is 5.56 Å². The molecule has 118 valence electrons. The van der Waals surface area contributed by atoms with Gasteiger partial charge in [-0.15, -0.1) is 0 Å². The molecule has 0 aliphatic rings. The number of esters is 1. The number of carbonyl (C=O) groups is 1. The fraction of sp³-hybridized carbons (Fsp3) is 0.333. The molecule has 0 bridgehead atoms. The molecule has 2 rings (SSSR count). The molecule has 0 saturated heterocycles. The van der Waals surface area contributed by atoms with E-state index in [-0.39, 0.29) is 5.97 Å². The van der Waals surface area contributed by atoms with Crippen molar-refractivity contribution >= 4 is 22.4 Å². The third-order valence-corrected chi connectivity index (χ3v) is 4.15. The highest BCUT2D eigenvalue weighted by Gasteiger charge is 2.15. The molecule has 0 saturated carbocycles. The van der Waals surface area contributed by atoms with Crippen LogP contribution in [-0.2, 0) is 11.3 Å². The molecule has 0 spiro atoms. The van der Waals surface area contributed by atoms with E-state index in [0.29, 0.717) is 33.7 Å². The number of aryl methyl sites for hydroxylation is 1. The van der Waals surface area contributed by atoms with Crippen LogP contribution in [0.15, 0.2) is 18.2 Å². The van der Waals surface area contributed by atoms with Gasteiger partial charge in [-0.05, 0) is 24.6 Å². The van der Waals surface area contributed by atoms with Gasteiger partial charge in [-0.1, -0.05) is 17.4 Å². The molecule has 1 aromatic carbocycles. The molecule has 7 heteroatoms. The van der Waals surface area contributed by atoms with Gasteiger partial charge in [0, 0.05) is 6.54 Å². The Morgan fingerprint density at radius 2 is 1.95 bits per heavy atom. The van der Waals surface area contributed by atoms with Crippen molar-refractivity contribution in [3.8, 4) is 11.5 Å². The Morgan fingerprint density at radius 3 is 2.59 bits per heavy atom. The van der Waals surface area contributed by atoms with E-state index in [1.807, 2.05) is 18.2 Å². The molecule has 0 amide bonds. The van der Waals surface area contributed by atoms with Gasteiger partial charge in [-0.25, -0.2) is 9.78 Å². The summed E-state index contributed by atoms with van der Waals surface area (Å²) in [7, 11) is 4.56. The number of anilines is 1. The van der Waals surface area contributed by atoms with Crippen LogP contribution in [0.25, 0.3) is 0 Å². The Morgan fingerprint density at radius 1 is 1.23 bits per heavy atom. The second-order valence-corrected chi connectivity index (χ2v) is 5.47. The Bertz CT molecular complexity index is 670. The highest BCUT2D eigenvalue weighted by Crippen LogP contribution is 2.28. The maximum atomic E-state index is 11.6. The maximum absolute atomic E-state index is 11.6. The Kier molecular flexibility index (Phi) is 5.21. The van der Waals surface area contributed by atoms with Crippen molar-refractivity contribution in [1.29, 1.82) is 0 Å². The van der Waals surface area contributed by atoms with Crippen LogP contribution >= 0.6 is 11.3 Å². The normalized spacial score (nSPS) is 10.2. The summed E-state index contributed by atoms with van der Waals surface area (Å²) >= 11 is 1.28. The first-order valence-electron chi connectivity index (χ1n) is 6.59. The molecular weight excluding hydrogens is 304 g/mol. The fourth-order valence-electron chi connectivity index (χ4n) is 1.92. The third kappa shape index (κ3) is 3.48. The van der Waals surface area contributed by atoms with E-state index in [1.54, 1.807) is 21.1 Å². The predicted octanol–water partition coefficient (Wildman–Crippen LogP) is 2.87. The largest absolute Gasteiger partial charge is 0.493 e. The van der Waals surface area contributed by atoms with Gasteiger partial charge in [0.05, 0.1) is 27.0 Å². The van der Waals surface area contributed by atoms with Crippen molar-refractivity contribution in [2.75, 3.05) is 26.6 Å². The van der Waals surface area contributed by atoms with Gasteiger partial charge in [0.25, 0.3) is 0 Å². The first-order valence-corrected chi connectivity index (χ1v) is 7.41. The molecule has 2 aromatic rings. The number of hydrogen-bond acceptors (Lipinski definition) is 7. The van der Waals surface area contributed by atoms with Crippen molar-refractivity contribution in [3.63, 3.8) is 0 Å². The molecular formula is C15H18N2O4S. The first kappa shape index (κ1) is 16.1. The number of nitrogens with one attached hydrogen (secondary N) is 1. The van der Waals surface area contributed by atoms with Gasteiger partial charge in [0.1, 0.15) is 4.88 Å². The summed E-state index contributed by atoms with van der Waals surface area (Å²) in [6, 6.07) is 5.69. The monoisotopic (exact) mass is 322 g/mol. The molecule has 1 N–H and O–H groups in total. The fourth-order valence-corrected chi connectivity index (χ4v) is 2.80. The van der Waals surface area contributed by atoms with Gasteiger partial charge in [0.2, 0.25) is 0 Å². The highest BCUT2D eigenvalue weighted by molar-refractivity contribution is 7.17. The summed E-state index contributed by atoms with van der Waals surface area (Å²) in [6.45, 7) is 2.35. The summed E-state index contributed by atoms with van der Waals surface area (Å²) in [5.74, 6) is 0.992. The van der Waals surface area contributed by atoms with Gasteiger partial charge in [0.15, 0.2) is 16.6 Å². The predicted molar refractivity (Wildman–Crippen MR) is 85.1 cm³/mol. The molecule has 0 radical (unpaired) electrons. The van der Waals surface area contributed by atoms with Crippen LogP contribution in [-0.4, -0.2) is 32.3 Å². The lowest BCUT2D eigenvalue weighted by Gasteiger charge is -2.09. The molecule has 6 nitrogen and oxygen atoms in total. The van der Waals surface area contributed by atoms with Crippen LogP contribution in [0.1, 0.15) is 20.9 Å². The Labute approximate surface area is 133 Å². The number of aromatic nitrogens is 1. The average molecular weight is 322 g/mol. The smallest absolute Gasteiger partial charge is 0.350 e. The van der Waals surface area contributed by atoms with E-state index in [9.17, 15) is 4.79 Å². The molecule has 0 fully saturated rings. The van der Waals surface area contributed by atoms with E-state index in [4.69, 9.17) is 14.2 Å². The highest BCUT2D eigenvalue weighted by atomic mass is 32.1. The quantitative estimate of drug-likeness (QED) is 0.825. The summed E-state index contributed by atoms with van der Waals surface area (Å²) in [4.78, 5) is 16.4. The van der Waals surface area contributed by atoms with E-state index in [1.165, 1.54) is 18.4 Å². The number of methoxy groups -OCH3 is 3. The zero-order valence-corrected chi connectivity index (χ0v) is 13.7. The lowest BCUT2D eigenvalue weighted by atomic mass is 10.2. The lowest BCUT2D eigenvalue weighted by Crippen LogP contribution is -2.00. The Balaban J connectivity index is 2.08. The van der Waals surface area contributed by atoms with Gasteiger partial charge >= 0.3 is 5.97 Å².